The van der Waals surface area contributed by atoms with Gasteiger partial charge in [0.15, 0.2) is 0 Å². The standard InChI is InChI=1S/C12H11Br2N3O2S/c1-7-2-3-11(16-6-7)17-20(18,19)12-9(13)4-8(15)5-10(12)14/h2-6H,15H2,1H3,(H,16,17). The smallest absolute Gasteiger partial charge is 0.265 e. The number of sulfonamides is 1. The molecule has 2 aromatic rings. The summed E-state index contributed by atoms with van der Waals surface area (Å²) in [4.78, 5) is 4.10. The summed E-state index contributed by atoms with van der Waals surface area (Å²) >= 11 is 6.42. The maximum Gasteiger partial charge on any atom is 0.265 e. The van der Waals surface area contributed by atoms with E-state index in [1.807, 2.05) is 6.92 Å². The lowest BCUT2D eigenvalue weighted by molar-refractivity contribution is 0.600. The maximum absolute atomic E-state index is 12.4. The number of nitrogen functional groups attached to an aromatic ring is 1. The largest absolute Gasteiger partial charge is 0.399 e. The second-order valence-electron chi connectivity index (χ2n) is 4.14. The third-order valence-corrected chi connectivity index (χ3v) is 5.67. The molecule has 106 valence electrons. The molecule has 1 aromatic carbocycles. The first-order valence-corrected chi connectivity index (χ1v) is 8.56. The van der Waals surface area contributed by atoms with E-state index in [4.69, 9.17) is 5.73 Å². The van der Waals surface area contributed by atoms with E-state index in [9.17, 15) is 8.42 Å². The second-order valence-corrected chi connectivity index (χ2v) is 7.47. The molecule has 0 spiro atoms. The number of nitrogens with zero attached hydrogens (tertiary/aromatic N) is 1. The predicted octanol–water partition coefficient (Wildman–Crippen LogP) is 3.30. The zero-order chi connectivity index (χ0) is 14.9. The molecule has 1 aromatic heterocycles. The molecule has 0 radical (unpaired) electrons. The lowest BCUT2D eigenvalue weighted by Gasteiger charge is -2.11. The Morgan fingerprint density at radius 3 is 2.30 bits per heavy atom. The molecule has 2 rings (SSSR count). The quantitative estimate of drug-likeness (QED) is 0.746. The Hall–Kier alpha value is -1.12. The van der Waals surface area contributed by atoms with Crippen molar-refractivity contribution in [3.63, 3.8) is 0 Å². The third-order valence-electron chi connectivity index (χ3n) is 2.44. The Kier molecular flexibility index (Phi) is 4.36. The second kappa shape index (κ2) is 5.71. The van der Waals surface area contributed by atoms with Gasteiger partial charge in [-0.3, -0.25) is 4.72 Å². The van der Waals surface area contributed by atoms with Crippen LogP contribution in [0.5, 0.6) is 0 Å². The summed E-state index contributed by atoms with van der Waals surface area (Å²) in [6.45, 7) is 1.87. The Morgan fingerprint density at radius 2 is 1.80 bits per heavy atom. The van der Waals surface area contributed by atoms with Gasteiger partial charge in [-0.05, 0) is 62.5 Å². The molecule has 0 aliphatic rings. The van der Waals surface area contributed by atoms with E-state index in [-0.39, 0.29) is 10.7 Å². The Labute approximate surface area is 133 Å². The number of aromatic nitrogens is 1. The molecule has 5 nitrogen and oxygen atoms in total. The zero-order valence-electron chi connectivity index (χ0n) is 10.4. The first-order valence-electron chi connectivity index (χ1n) is 5.49. The zero-order valence-corrected chi connectivity index (χ0v) is 14.4. The number of halogens is 2. The van der Waals surface area contributed by atoms with Crippen LogP contribution in [0.4, 0.5) is 11.5 Å². The van der Waals surface area contributed by atoms with Crippen molar-refractivity contribution < 1.29 is 8.42 Å². The van der Waals surface area contributed by atoms with Crippen LogP contribution in [-0.4, -0.2) is 13.4 Å². The normalized spacial score (nSPS) is 11.3. The Balaban J connectivity index is 2.43. The van der Waals surface area contributed by atoms with Crippen molar-refractivity contribution in [3.05, 3.63) is 45.0 Å². The molecule has 3 N–H and O–H groups in total. The first kappa shape index (κ1) is 15.3. The summed E-state index contributed by atoms with van der Waals surface area (Å²) in [5.41, 5.74) is 7.06. The highest BCUT2D eigenvalue weighted by molar-refractivity contribution is 9.11. The van der Waals surface area contributed by atoms with Gasteiger partial charge in [0.25, 0.3) is 10.0 Å². The van der Waals surface area contributed by atoms with Crippen molar-refractivity contribution in [2.45, 2.75) is 11.8 Å². The summed E-state index contributed by atoms with van der Waals surface area (Å²) in [5.74, 6) is 0.256. The molecule has 0 saturated heterocycles. The van der Waals surface area contributed by atoms with Gasteiger partial charge in [-0.15, -0.1) is 0 Å². The van der Waals surface area contributed by atoms with Crippen LogP contribution >= 0.6 is 31.9 Å². The number of benzene rings is 1. The lowest BCUT2D eigenvalue weighted by atomic mass is 10.3. The van der Waals surface area contributed by atoms with E-state index in [1.165, 1.54) is 12.1 Å². The minimum Gasteiger partial charge on any atom is -0.399 e. The van der Waals surface area contributed by atoms with Crippen molar-refractivity contribution in [2.75, 3.05) is 10.5 Å². The van der Waals surface area contributed by atoms with Crippen molar-refractivity contribution in [3.8, 4) is 0 Å². The fourth-order valence-electron chi connectivity index (χ4n) is 1.55. The minimum atomic E-state index is -3.77. The van der Waals surface area contributed by atoms with Crippen LogP contribution in [0.15, 0.2) is 44.3 Å². The molecule has 0 aliphatic carbocycles. The van der Waals surface area contributed by atoms with E-state index < -0.39 is 10.0 Å². The first-order chi connectivity index (χ1) is 9.29. The topological polar surface area (TPSA) is 85.1 Å². The van der Waals surface area contributed by atoms with Gasteiger partial charge in [-0.2, -0.15) is 0 Å². The SMILES string of the molecule is Cc1ccc(NS(=O)(=O)c2c(Br)cc(N)cc2Br)nc1. The molecule has 1 heterocycles. The maximum atomic E-state index is 12.4. The van der Waals surface area contributed by atoms with Gasteiger partial charge < -0.3 is 5.73 Å². The summed E-state index contributed by atoms with van der Waals surface area (Å²) in [5, 5.41) is 0. The highest BCUT2D eigenvalue weighted by Crippen LogP contribution is 2.33. The van der Waals surface area contributed by atoms with Gasteiger partial charge in [-0.25, -0.2) is 13.4 Å². The van der Waals surface area contributed by atoms with Crippen molar-refractivity contribution in [2.24, 2.45) is 0 Å². The van der Waals surface area contributed by atoms with Crippen molar-refractivity contribution in [1.82, 2.24) is 4.98 Å². The van der Waals surface area contributed by atoms with Crippen LogP contribution in [0.3, 0.4) is 0 Å². The van der Waals surface area contributed by atoms with Crippen LogP contribution in [0.1, 0.15) is 5.56 Å². The number of anilines is 2. The van der Waals surface area contributed by atoms with E-state index in [1.54, 1.807) is 18.3 Å². The fraction of sp³-hybridized carbons (Fsp3) is 0.0833. The van der Waals surface area contributed by atoms with Gasteiger partial charge >= 0.3 is 0 Å². The minimum absolute atomic E-state index is 0.0778. The third kappa shape index (κ3) is 3.31. The highest BCUT2D eigenvalue weighted by Gasteiger charge is 2.22. The number of pyridine rings is 1. The summed E-state index contributed by atoms with van der Waals surface area (Å²) in [6, 6.07) is 6.44. The number of hydrogen-bond donors (Lipinski definition) is 2. The predicted molar refractivity (Wildman–Crippen MR) is 86.0 cm³/mol. The highest BCUT2D eigenvalue weighted by atomic mass is 79.9. The lowest BCUT2D eigenvalue weighted by Crippen LogP contribution is -2.15. The van der Waals surface area contributed by atoms with Gasteiger partial charge in [0.1, 0.15) is 10.7 Å². The van der Waals surface area contributed by atoms with E-state index in [2.05, 4.69) is 41.6 Å². The summed E-state index contributed by atoms with van der Waals surface area (Å²) in [6.07, 6.45) is 1.59. The van der Waals surface area contributed by atoms with Crippen LogP contribution in [0, 0.1) is 6.92 Å². The van der Waals surface area contributed by atoms with Gasteiger partial charge in [0.2, 0.25) is 0 Å². The van der Waals surface area contributed by atoms with E-state index in [0.717, 1.165) is 5.56 Å². The molecule has 8 heteroatoms. The number of rotatable bonds is 3. The molecule has 0 fully saturated rings. The molecule has 0 saturated carbocycles. The van der Waals surface area contributed by atoms with Gasteiger partial charge in [0, 0.05) is 20.8 Å². The number of nitrogens with one attached hydrogen (secondary N) is 1. The average Bonchev–Trinajstić information content (AvgIpc) is 2.30. The van der Waals surface area contributed by atoms with Gasteiger partial charge in [0.05, 0.1) is 0 Å². The Bertz CT molecular complexity index is 723. The molecule has 20 heavy (non-hydrogen) atoms. The molecular weight excluding hydrogens is 410 g/mol. The molecular formula is C12H11Br2N3O2S. The molecule has 0 unspecified atom stereocenters. The molecule has 0 bridgehead atoms. The van der Waals surface area contributed by atoms with Crippen LogP contribution < -0.4 is 10.5 Å². The average molecular weight is 421 g/mol. The summed E-state index contributed by atoms with van der Waals surface area (Å²) in [7, 11) is -3.77. The van der Waals surface area contributed by atoms with E-state index in [0.29, 0.717) is 14.6 Å². The monoisotopic (exact) mass is 419 g/mol. The molecule has 0 amide bonds. The number of aryl methyl sites for hydroxylation is 1. The number of hydrogen-bond acceptors (Lipinski definition) is 4. The van der Waals surface area contributed by atoms with Crippen LogP contribution in [0.25, 0.3) is 0 Å². The van der Waals surface area contributed by atoms with Crippen molar-refractivity contribution in [1.29, 1.82) is 0 Å². The Morgan fingerprint density at radius 1 is 1.20 bits per heavy atom. The summed E-state index contributed by atoms with van der Waals surface area (Å²) < 4.78 is 28.0. The van der Waals surface area contributed by atoms with Crippen molar-refractivity contribution >= 4 is 53.4 Å². The molecule has 0 aliphatic heterocycles. The van der Waals surface area contributed by atoms with E-state index >= 15 is 0 Å². The number of nitrogens with two attached hydrogens (primary N) is 1. The van der Waals surface area contributed by atoms with Crippen LogP contribution in [-0.2, 0) is 10.0 Å². The van der Waals surface area contributed by atoms with Crippen LogP contribution in [0.2, 0.25) is 0 Å². The molecule has 0 atom stereocenters. The fourth-order valence-corrected chi connectivity index (χ4v) is 5.18. The van der Waals surface area contributed by atoms with Gasteiger partial charge in [-0.1, -0.05) is 6.07 Å².